The molecule has 0 amide bonds. The molecule has 1 aliphatic rings. The molecule has 1 fully saturated rings. The van der Waals surface area contributed by atoms with Crippen LogP contribution in [0.2, 0.25) is 5.02 Å². The van der Waals surface area contributed by atoms with Crippen molar-refractivity contribution in [2.75, 3.05) is 0 Å². The Morgan fingerprint density at radius 1 is 1.41 bits per heavy atom. The van der Waals surface area contributed by atoms with Gasteiger partial charge in [0.2, 0.25) is 0 Å². The molecule has 3 nitrogen and oxygen atoms in total. The van der Waals surface area contributed by atoms with Crippen LogP contribution in [0.1, 0.15) is 44.5 Å². The van der Waals surface area contributed by atoms with Crippen LogP contribution in [0, 0.1) is 12.3 Å². The zero-order chi connectivity index (χ0) is 12.8. The highest BCUT2D eigenvalue weighted by atomic mass is 35.5. The molecule has 0 spiro atoms. The molecule has 2 rings (SSSR count). The van der Waals surface area contributed by atoms with Gasteiger partial charge >= 0.3 is 0 Å². The second-order valence-corrected chi connectivity index (χ2v) is 6.73. The highest BCUT2D eigenvalue weighted by Crippen LogP contribution is 2.44. The van der Waals surface area contributed by atoms with E-state index in [0.29, 0.717) is 5.41 Å². The van der Waals surface area contributed by atoms with Gasteiger partial charge in [0.1, 0.15) is 0 Å². The van der Waals surface area contributed by atoms with Crippen LogP contribution in [-0.2, 0) is 13.5 Å². The van der Waals surface area contributed by atoms with Crippen LogP contribution in [-0.4, -0.2) is 15.3 Å². The molecule has 4 heteroatoms. The molecule has 1 aliphatic carbocycles. The molecule has 0 saturated heterocycles. The summed E-state index contributed by atoms with van der Waals surface area (Å²) in [4.78, 5) is 0. The molecule has 17 heavy (non-hydrogen) atoms. The van der Waals surface area contributed by atoms with E-state index in [9.17, 15) is 0 Å². The van der Waals surface area contributed by atoms with Crippen molar-refractivity contribution in [2.45, 2.75) is 52.0 Å². The molecule has 0 radical (unpaired) electrons. The first kappa shape index (κ1) is 12.9. The van der Waals surface area contributed by atoms with Gasteiger partial charge in [-0.1, -0.05) is 25.4 Å². The Balaban J connectivity index is 2.22. The van der Waals surface area contributed by atoms with Crippen LogP contribution in [0.15, 0.2) is 0 Å². The minimum atomic E-state index is -0.118. The highest BCUT2D eigenvalue weighted by molar-refractivity contribution is 6.31. The van der Waals surface area contributed by atoms with E-state index in [1.165, 1.54) is 6.42 Å². The summed E-state index contributed by atoms with van der Waals surface area (Å²) < 4.78 is 1.87. The molecule has 1 unspecified atom stereocenters. The van der Waals surface area contributed by atoms with E-state index >= 15 is 0 Å². The van der Waals surface area contributed by atoms with Gasteiger partial charge in [-0.2, -0.15) is 5.10 Å². The van der Waals surface area contributed by atoms with E-state index in [-0.39, 0.29) is 5.54 Å². The van der Waals surface area contributed by atoms with Gasteiger partial charge in [0.15, 0.2) is 0 Å². The standard InChI is InChI=1S/C13H22ClN3/c1-9-11(14)10(17(4)16-9)7-13(15)6-5-12(2,3)8-13/h5-8,15H2,1-4H3. The highest BCUT2D eigenvalue weighted by Gasteiger charge is 2.41. The number of aryl methyl sites for hydroxylation is 2. The average Bonchev–Trinajstić information content (AvgIpc) is 2.59. The summed E-state index contributed by atoms with van der Waals surface area (Å²) in [6.45, 7) is 6.52. The number of aromatic nitrogens is 2. The van der Waals surface area contributed by atoms with Gasteiger partial charge in [0, 0.05) is 19.0 Å². The Labute approximate surface area is 108 Å². The Bertz CT molecular complexity index is 436. The van der Waals surface area contributed by atoms with Crippen LogP contribution in [0.4, 0.5) is 0 Å². The topological polar surface area (TPSA) is 43.8 Å². The lowest BCUT2D eigenvalue weighted by molar-refractivity contribution is 0.331. The van der Waals surface area contributed by atoms with Crippen molar-refractivity contribution in [1.82, 2.24) is 9.78 Å². The molecule has 96 valence electrons. The number of hydrogen-bond acceptors (Lipinski definition) is 2. The number of hydrogen-bond donors (Lipinski definition) is 1. The van der Waals surface area contributed by atoms with E-state index in [1.54, 1.807) is 0 Å². The van der Waals surface area contributed by atoms with Crippen molar-refractivity contribution < 1.29 is 0 Å². The van der Waals surface area contributed by atoms with Crippen LogP contribution in [0.25, 0.3) is 0 Å². The largest absolute Gasteiger partial charge is 0.325 e. The van der Waals surface area contributed by atoms with Gasteiger partial charge in [-0.3, -0.25) is 4.68 Å². The summed E-state index contributed by atoms with van der Waals surface area (Å²) >= 11 is 6.29. The third-order valence-corrected chi connectivity index (χ3v) is 4.40. The first-order valence-corrected chi connectivity index (χ1v) is 6.57. The van der Waals surface area contributed by atoms with E-state index in [4.69, 9.17) is 17.3 Å². The molecule has 0 bridgehead atoms. The smallest absolute Gasteiger partial charge is 0.0847 e. The molecule has 0 aromatic carbocycles. The summed E-state index contributed by atoms with van der Waals surface area (Å²) in [6, 6.07) is 0. The van der Waals surface area contributed by atoms with Gasteiger partial charge < -0.3 is 5.73 Å². The minimum Gasteiger partial charge on any atom is -0.325 e. The Morgan fingerprint density at radius 2 is 2.06 bits per heavy atom. The van der Waals surface area contributed by atoms with Crippen LogP contribution >= 0.6 is 11.6 Å². The predicted octanol–water partition coefficient (Wildman–Crippen LogP) is 2.83. The molecule has 1 saturated carbocycles. The summed E-state index contributed by atoms with van der Waals surface area (Å²) in [5.74, 6) is 0. The average molecular weight is 256 g/mol. The molecule has 1 heterocycles. The third-order valence-electron chi connectivity index (χ3n) is 3.91. The van der Waals surface area contributed by atoms with Gasteiger partial charge in [0.05, 0.1) is 16.4 Å². The van der Waals surface area contributed by atoms with Crippen molar-refractivity contribution in [3.05, 3.63) is 16.4 Å². The number of halogens is 1. The molecular formula is C13H22ClN3. The first-order valence-electron chi connectivity index (χ1n) is 6.19. The van der Waals surface area contributed by atoms with Crippen molar-refractivity contribution in [3.8, 4) is 0 Å². The fourth-order valence-corrected chi connectivity index (χ4v) is 3.30. The van der Waals surface area contributed by atoms with Crippen LogP contribution in [0.5, 0.6) is 0 Å². The lowest BCUT2D eigenvalue weighted by Crippen LogP contribution is -2.40. The van der Waals surface area contributed by atoms with E-state index in [1.807, 2.05) is 18.7 Å². The molecule has 1 aromatic heterocycles. The maximum atomic E-state index is 6.51. The van der Waals surface area contributed by atoms with Crippen molar-refractivity contribution in [2.24, 2.45) is 18.2 Å². The Kier molecular flexibility index (Phi) is 3.03. The van der Waals surface area contributed by atoms with Gasteiger partial charge in [-0.05, 0) is 31.6 Å². The number of nitrogens with zero attached hydrogens (tertiary/aromatic N) is 2. The molecular weight excluding hydrogens is 234 g/mol. The van der Waals surface area contributed by atoms with E-state index in [2.05, 4.69) is 18.9 Å². The van der Waals surface area contributed by atoms with Crippen LogP contribution < -0.4 is 5.73 Å². The summed E-state index contributed by atoms with van der Waals surface area (Å²) in [5, 5.41) is 5.13. The Hall–Kier alpha value is -0.540. The molecule has 1 atom stereocenters. The maximum absolute atomic E-state index is 6.51. The fraction of sp³-hybridized carbons (Fsp3) is 0.769. The lowest BCUT2D eigenvalue weighted by Gasteiger charge is -2.26. The Morgan fingerprint density at radius 3 is 2.47 bits per heavy atom. The van der Waals surface area contributed by atoms with Gasteiger partial charge in [-0.25, -0.2) is 0 Å². The van der Waals surface area contributed by atoms with Gasteiger partial charge in [0.25, 0.3) is 0 Å². The molecule has 0 aliphatic heterocycles. The second-order valence-electron chi connectivity index (χ2n) is 6.35. The molecule has 1 aromatic rings. The summed E-state index contributed by atoms with van der Waals surface area (Å²) in [5.41, 5.74) is 8.72. The van der Waals surface area contributed by atoms with Crippen molar-refractivity contribution >= 4 is 11.6 Å². The van der Waals surface area contributed by atoms with Crippen LogP contribution in [0.3, 0.4) is 0 Å². The maximum Gasteiger partial charge on any atom is 0.0847 e. The number of rotatable bonds is 2. The number of nitrogens with two attached hydrogens (primary N) is 1. The SMILES string of the molecule is Cc1nn(C)c(CC2(N)CCC(C)(C)C2)c1Cl. The predicted molar refractivity (Wildman–Crippen MR) is 71.2 cm³/mol. The monoisotopic (exact) mass is 255 g/mol. The normalized spacial score (nSPS) is 27.6. The van der Waals surface area contributed by atoms with Crippen molar-refractivity contribution in [1.29, 1.82) is 0 Å². The van der Waals surface area contributed by atoms with Crippen molar-refractivity contribution in [3.63, 3.8) is 0 Å². The summed E-state index contributed by atoms with van der Waals surface area (Å²) in [6.07, 6.45) is 4.14. The zero-order valence-corrected chi connectivity index (χ0v) is 11.9. The van der Waals surface area contributed by atoms with Gasteiger partial charge in [-0.15, -0.1) is 0 Å². The minimum absolute atomic E-state index is 0.118. The second kappa shape index (κ2) is 3.99. The van der Waals surface area contributed by atoms with E-state index in [0.717, 1.165) is 35.7 Å². The fourth-order valence-electron chi connectivity index (χ4n) is 3.07. The quantitative estimate of drug-likeness (QED) is 0.883. The summed E-state index contributed by atoms with van der Waals surface area (Å²) in [7, 11) is 1.94. The molecule has 2 N–H and O–H groups in total. The third kappa shape index (κ3) is 2.50. The first-order chi connectivity index (χ1) is 7.72. The zero-order valence-electron chi connectivity index (χ0n) is 11.2. The lowest BCUT2D eigenvalue weighted by atomic mass is 9.86. The van der Waals surface area contributed by atoms with E-state index < -0.39 is 0 Å².